The van der Waals surface area contributed by atoms with Crippen LogP contribution in [0.25, 0.3) is 0 Å². The molecule has 48 heavy (non-hydrogen) atoms. The molecule has 0 spiro atoms. The van der Waals surface area contributed by atoms with Gasteiger partial charge in [-0.2, -0.15) is 0 Å². The van der Waals surface area contributed by atoms with Crippen molar-refractivity contribution >= 4 is 23.6 Å². The molecule has 3 saturated heterocycles. The van der Waals surface area contributed by atoms with Crippen LogP contribution in [0.2, 0.25) is 0 Å². The van der Waals surface area contributed by atoms with Crippen molar-refractivity contribution in [1.82, 2.24) is 10.2 Å². The molecule has 5 aliphatic carbocycles. The van der Waals surface area contributed by atoms with Gasteiger partial charge in [-0.15, -0.1) is 0 Å². The summed E-state index contributed by atoms with van der Waals surface area (Å²) in [5, 5.41) is 13.2. The third-order valence-electron chi connectivity index (χ3n) is 16.7. The van der Waals surface area contributed by atoms with E-state index in [4.69, 9.17) is 4.74 Å². The molecule has 3 heterocycles. The van der Waals surface area contributed by atoms with Gasteiger partial charge >= 0.3 is 11.9 Å². The van der Waals surface area contributed by atoms with Crippen molar-refractivity contribution in [2.24, 2.45) is 62.1 Å². The van der Waals surface area contributed by atoms with Crippen LogP contribution in [0, 0.1) is 62.1 Å². The first-order chi connectivity index (χ1) is 22.4. The minimum atomic E-state index is -0.763. The maximum Gasteiger partial charge on any atom is 0.325 e. The second kappa shape index (κ2) is 11.1. The highest BCUT2D eigenvalue weighted by Crippen LogP contribution is 2.75. The SMILES string of the molecule is CC1(C)[C@@H](C(=O)NCC(=O)OC2CN3CCC2CC3)CC[C@]2(C)[C@H]3C(=O)C=C4[C@@H]5C[C@@](C)(C(=O)O)CC[C@]5(C)CC[C@@]4(C)[C@]3(C)CC[C@@H]12. The van der Waals surface area contributed by atoms with Crippen molar-refractivity contribution in [3.8, 4) is 0 Å². The third-order valence-corrected chi connectivity index (χ3v) is 16.7. The number of hydrogen-bond donors (Lipinski definition) is 2. The minimum Gasteiger partial charge on any atom is -0.481 e. The van der Waals surface area contributed by atoms with Crippen LogP contribution in [0.4, 0.5) is 0 Å². The van der Waals surface area contributed by atoms with Crippen LogP contribution < -0.4 is 5.32 Å². The number of allylic oxidation sites excluding steroid dienone is 2. The molecule has 8 rings (SSSR count). The first-order valence-corrected chi connectivity index (χ1v) is 19.1. The van der Waals surface area contributed by atoms with Crippen LogP contribution in [-0.2, 0) is 23.9 Å². The fourth-order valence-corrected chi connectivity index (χ4v) is 13.4. The number of carboxylic acid groups (broad SMARTS) is 1. The van der Waals surface area contributed by atoms with Crippen molar-refractivity contribution in [3.63, 3.8) is 0 Å². The maximum absolute atomic E-state index is 14.7. The number of amides is 1. The number of rotatable bonds is 5. The Morgan fingerprint density at radius 3 is 2.25 bits per heavy atom. The number of esters is 1. The summed E-state index contributed by atoms with van der Waals surface area (Å²) in [6.45, 7) is 18.6. The van der Waals surface area contributed by atoms with Crippen molar-refractivity contribution in [3.05, 3.63) is 11.6 Å². The van der Waals surface area contributed by atoms with E-state index < -0.39 is 11.4 Å². The molecule has 1 unspecified atom stereocenters. The van der Waals surface area contributed by atoms with Crippen molar-refractivity contribution < 1.29 is 29.0 Å². The van der Waals surface area contributed by atoms with E-state index in [1.807, 2.05) is 13.0 Å². The number of nitrogens with one attached hydrogen (secondary N) is 1. The van der Waals surface area contributed by atoms with Gasteiger partial charge in [0, 0.05) is 18.4 Å². The Bertz CT molecular complexity index is 1430. The zero-order valence-electron chi connectivity index (χ0n) is 30.6. The number of ketones is 1. The summed E-state index contributed by atoms with van der Waals surface area (Å²) in [4.78, 5) is 56.1. The molecule has 2 N–H and O–H groups in total. The number of carboxylic acids is 1. The molecule has 10 atom stereocenters. The molecule has 2 bridgehead atoms. The summed E-state index contributed by atoms with van der Waals surface area (Å²) in [5.74, 6) is -0.572. The molecule has 0 aromatic carbocycles. The van der Waals surface area contributed by atoms with E-state index in [1.165, 1.54) is 5.57 Å². The lowest BCUT2D eigenvalue weighted by Crippen LogP contribution is -2.66. The number of piperidine rings is 3. The number of carbonyl (C=O) groups is 4. The first kappa shape index (κ1) is 34.2. The lowest BCUT2D eigenvalue weighted by Gasteiger charge is -2.70. The highest BCUT2D eigenvalue weighted by Gasteiger charge is 2.70. The molecule has 266 valence electrons. The van der Waals surface area contributed by atoms with Crippen LogP contribution in [0.3, 0.4) is 0 Å². The molecule has 8 aliphatic rings. The highest BCUT2D eigenvalue weighted by atomic mass is 16.5. The van der Waals surface area contributed by atoms with Crippen molar-refractivity contribution in [1.29, 1.82) is 0 Å². The zero-order chi connectivity index (χ0) is 34.7. The second-order valence-corrected chi connectivity index (χ2v) is 19.4. The molecule has 0 aromatic heterocycles. The summed E-state index contributed by atoms with van der Waals surface area (Å²) in [6.07, 6.45) is 11.7. The molecule has 0 radical (unpaired) electrons. The Morgan fingerprint density at radius 1 is 0.917 bits per heavy atom. The van der Waals surface area contributed by atoms with Crippen LogP contribution in [0.15, 0.2) is 11.6 Å². The van der Waals surface area contributed by atoms with E-state index in [-0.39, 0.29) is 81.1 Å². The summed E-state index contributed by atoms with van der Waals surface area (Å²) in [7, 11) is 0. The molecule has 1 amide bonds. The topological polar surface area (TPSA) is 113 Å². The Balaban J connectivity index is 1.10. The number of carbonyl (C=O) groups excluding carboxylic acids is 3. The van der Waals surface area contributed by atoms with E-state index in [0.29, 0.717) is 25.2 Å². The number of nitrogens with zero attached hydrogens (tertiary/aromatic N) is 1. The Hall–Kier alpha value is -2.22. The van der Waals surface area contributed by atoms with Gasteiger partial charge in [-0.1, -0.05) is 47.1 Å². The van der Waals surface area contributed by atoms with Gasteiger partial charge in [-0.05, 0) is 142 Å². The van der Waals surface area contributed by atoms with Gasteiger partial charge in [-0.25, -0.2) is 0 Å². The minimum absolute atomic E-state index is 0.0265. The number of aliphatic carboxylic acids is 1. The van der Waals surface area contributed by atoms with Gasteiger partial charge in [0.05, 0.1) is 5.41 Å². The largest absolute Gasteiger partial charge is 0.481 e. The Morgan fingerprint density at radius 2 is 1.60 bits per heavy atom. The van der Waals surface area contributed by atoms with Crippen molar-refractivity contribution in [2.75, 3.05) is 26.2 Å². The standard InChI is InChI=1S/C40H60N2O6/c1-35(2)25(33(45)41-22-31(44)48-29-23-42-18-10-24(29)11-19-42)8-12-38(5)30(35)9-13-40(7)32(38)28(43)20-26-27-21-37(4,34(46)47)15-14-36(27,3)16-17-39(26,40)6/h20,24-25,27,29-30,32H,8-19,21-23H2,1-7H3,(H,41,45)(H,46,47)/t25-,27+,29?,30+,32-,36-,37+,38+,39-,40-/m1/s1. The highest BCUT2D eigenvalue weighted by molar-refractivity contribution is 5.96. The molecule has 7 fully saturated rings. The summed E-state index contributed by atoms with van der Waals surface area (Å²) >= 11 is 0. The molecule has 0 aromatic rings. The smallest absolute Gasteiger partial charge is 0.325 e. The van der Waals surface area contributed by atoms with E-state index in [2.05, 4.69) is 51.8 Å². The van der Waals surface area contributed by atoms with Gasteiger partial charge in [0.2, 0.25) is 5.91 Å². The predicted octanol–water partition coefficient (Wildman–Crippen LogP) is 6.42. The quantitative estimate of drug-likeness (QED) is 0.326. The average molecular weight is 665 g/mol. The monoisotopic (exact) mass is 664 g/mol. The van der Waals surface area contributed by atoms with Crippen LogP contribution in [-0.4, -0.2) is 65.9 Å². The maximum atomic E-state index is 14.7. The van der Waals surface area contributed by atoms with Gasteiger partial charge < -0.3 is 15.2 Å². The summed E-state index contributed by atoms with van der Waals surface area (Å²) < 4.78 is 5.85. The molecule has 4 saturated carbocycles. The number of fused-ring (bicyclic) bond motifs is 10. The zero-order valence-corrected chi connectivity index (χ0v) is 30.6. The van der Waals surface area contributed by atoms with Gasteiger partial charge in [0.25, 0.3) is 0 Å². The molecule has 3 aliphatic heterocycles. The Labute approximate surface area is 287 Å². The van der Waals surface area contributed by atoms with Crippen LogP contribution >= 0.6 is 0 Å². The fourth-order valence-electron chi connectivity index (χ4n) is 13.4. The van der Waals surface area contributed by atoms with E-state index >= 15 is 0 Å². The first-order valence-electron chi connectivity index (χ1n) is 19.1. The lowest BCUT2D eigenvalue weighted by atomic mass is 9.33. The summed E-state index contributed by atoms with van der Waals surface area (Å²) in [5.41, 5.74) is -0.518. The fraction of sp³-hybridized carbons (Fsp3) is 0.850. The van der Waals surface area contributed by atoms with Gasteiger partial charge in [0.15, 0.2) is 5.78 Å². The number of hydrogen-bond acceptors (Lipinski definition) is 6. The predicted molar refractivity (Wildman–Crippen MR) is 183 cm³/mol. The molecule has 8 heteroatoms. The number of ether oxygens (including phenoxy) is 1. The molecular weight excluding hydrogens is 604 g/mol. The van der Waals surface area contributed by atoms with E-state index in [9.17, 15) is 24.3 Å². The van der Waals surface area contributed by atoms with Gasteiger partial charge in [0.1, 0.15) is 12.6 Å². The Kier molecular flexibility index (Phi) is 7.95. The lowest BCUT2D eigenvalue weighted by molar-refractivity contribution is -0.195. The van der Waals surface area contributed by atoms with E-state index in [1.54, 1.807) is 0 Å². The van der Waals surface area contributed by atoms with Crippen LogP contribution in [0.5, 0.6) is 0 Å². The molecular formula is C40H60N2O6. The van der Waals surface area contributed by atoms with Crippen molar-refractivity contribution in [2.45, 2.75) is 125 Å². The molecule has 8 nitrogen and oxygen atoms in total. The third kappa shape index (κ3) is 4.83. The summed E-state index contributed by atoms with van der Waals surface area (Å²) in [6, 6.07) is 0. The average Bonchev–Trinajstić information content (AvgIpc) is 3.02. The normalized spacial score (nSPS) is 48.9. The second-order valence-electron chi connectivity index (χ2n) is 19.4. The van der Waals surface area contributed by atoms with Crippen LogP contribution in [0.1, 0.15) is 119 Å². The van der Waals surface area contributed by atoms with E-state index in [0.717, 1.165) is 71.0 Å². The van der Waals surface area contributed by atoms with Gasteiger partial charge in [-0.3, -0.25) is 24.1 Å².